The van der Waals surface area contributed by atoms with Gasteiger partial charge in [-0.25, -0.2) is 4.79 Å². The zero-order chi connectivity index (χ0) is 15.8. The van der Waals surface area contributed by atoms with E-state index in [1.165, 1.54) is 6.07 Å². The summed E-state index contributed by atoms with van der Waals surface area (Å²) in [5.74, 6) is -3.20. The van der Waals surface area contributed by atoms with Crippen molar-refractivity contribution in [3.63, 3.8) is 0 Å². The highest BCUT2D eigenvalue weighted by Gasteiger charge is 2.58. The Labute approximate surface area is 118 Å². The van der Waals surface area contributed by atoms with Crippen molar-refractivity contribution in [1.29, 1.82) is 0 Å². The van der Waals surface area contributed by atoms with Crippen LogP contribution in [-0.2, 0) is 4.79 Å². The number of hydrogen-bond donors (Lipinski definition) is 2. The Hall–Kier alpha value is -1.99. The van der Waals surface area contributed by atoms with Gasteiger partial charge in [0.15, 0.2) is 0 Å². The van der Waals surface area contributed by atoms with E-state index in [9.17, 15) is 22.8 Å². The van der Waals surface area contributed by atoms with Gasteiger partial charge in [-0.05, 0) is 38.3 Å². The zero-order valence-corrected chi connectivity index (χ0v) is 11.3. The molecule has 1 atom stereocenters. The molecule has 8 heteroatoms. The van der Waals surface area contributed by atoms with Crippen LogP contribution < -0.4 is 5.32 Å². The van der Waals surface area contributed by atoms with E-state index in [1.54, 1.807) is 22.1 Å². The lowest BCUT2D eigenvalue weighted by molar-refractivity contribution is -0.203. The van der Waals surface area contributed by atoms with Crippen molar-refractivity contribution < 1.29 is 27.9 Å². The molecule has 5 nitrogen and oxygen atoms in total. The van der Waals surface area contributed by atoms with Gasteiger partial charge in [0.1, 0.15) is 5.69 Å². The Balaban J connectivity index is 2.24. The van der Waals surface area contributed by atoms with E-state index in [-0.39, 0.29) is 11.7 Å². The number of carbonyl (C=O) groups is 2. The summed E-state index contributed by atoms with van der Waals surface area (Å²) in [5, 5.41) is 10.4. The first-order valence-electron chi connectivity index (χ1n) is 6.46. The van der Waals surface area contributed by atoms with Gasteiger partial charge >= 0.3 is 12.1 Å². The number of rotatable bonds is 4. The number of amides is 1. The van der Waals surface area contributed by atoms with Crippen LogP contribution in [0.1, 0.15) is 42.7 Å². The van der Waals surface area contributed by atoms with Gasteiger partial charge in [0, 0.05) is 12.2 Å². The molecule has 2 rings (SSSR count). The predicted octanol–water partition coefficient (Wildman–Crippen LogP) is 2.35. The van der Waals surface area contributed by atoms with Gasteiger partial charge in [0.05, 0.1) is 0 Å². The minimum atomic E-state index is -5.09. The maximum Gasteiger partial charge on any atom is 0.422 e. The Kier molecular flexibility index (Phi) is 3.73. The highest BCUT2D eigenvalue weighted by atomic mass is 19.4. The van der Waals surface area contributed by atoms with Crippen LogP contribution >= 0.6 is 0 Å². The molecular weight excluding hydrogens is 289 g/mol. The zero-order valence-electron chi connectivity index (χ0n) is 11.3. The molecule has 1 aromatic rings. The number of alkyl halides is 3. The van der Waals surface area contributed by atoms with E-state index in [0.717, 1.165) is 19.3 Å². The molecule has 1 aliphatic carbocycles. The van der Waals surface area contributed by atoms with Gasteiger partial charge in [0.25, 0.3) is 5.91 Å². The molecule has 2 N–H and O–H groups in total. The van der Waals surface area contributed by atoms with E-state index in [0.29, 0.717) is 6.92 Å². The Morgan fingerprint density at radius 3 is 2.43 bits per heavy atom. The summed E-state index contributed by atoms with van der Waals surface area (Å²) in [6.45, 7) is 0.434. The summed E-state index contributed by atoms with van der Waals surface area (Å²) >= 11 is 0. The second kappa shape index (κ2) is 5.09. The maximum absolute atomic E-state index is 12.9. The highest BCUT2D eigenvalue weighted by Crippen LogP contribution is 2.34. The highest BCUT2D eigenvalue weighted by molar-refractivity contribution is 5.97. The normalized spacial score (nSPS) is 18.7. The van der Waals surface area contributed by atoms with Crippen LogP contribution in [0.4, 0.5) is 13.2 Å². The third kappa shape index (κ3) is 2.62. The van der Waals surface area contributed by atoms with Crippen LogP contribution in [0, 0.1) is 0 Å². The second-order valence-corrected chi connectivity index (χ2v) is 5.27. The quantitative estimate of drug-likeness (QED) is 0.897. The molecule has 0 spiro atoms. The van der Waals surface area contributed by atoms with Crippen molar-refractivity contribution in [3.05, 3.63) is 24.0 Å². The molecule has 1 amide bonds. The fraction of sp³-hybridized carbons (Fsp3) is 0.538. The first-order chi connectivity index (χ1) is 9.67. The number of nitrogens with one attached hydrogen (secondary N) is 1. The molecule has 0 aromatic carbocycles. The molecular formula is C13H15F3N2O3. The molecule has 1 aliphatic rings. The molecule has 1 fully saturated rings. The van der Waals surface area contributed by atoms with Crippen LogP contribution in [0.25, 0.3) is 0 Å². The lowest BCUT2D eigenvalue weighted by atomic mass is 9.92. The van der Waals surface area contributed by atoms with Gasteiger partial charge in [-0.2, -0.15) is 13.2 Å². The average molecular weight is 304 g/mol. The van der Waals surface area contributed by atoms with E-state index >= 15 is 0 Å². The van der Waals surface area contributed by atoms with Crippen molar-refractivity contribution in [2.45, 2.75) is 43.9 Å². The molecule has 0 saturated heterocycles. The first kappa shape index (κ1) is 15.4. The van der Waals surface area contributed by atoms with Crippen LogP contribution in [0.5, 0.6) is 0 Å². The number of aliphatic carboxylic acids is 1. The second-order valence-electron chi connectivity index (χ2n) is 5.27. The summed E-state index contributed by atoms with van der Waals surface area (Å²) in [5.41, 5.74) is -3.28. The van der Waals surface area contributed by atoms with E-state index in [4.69, 9.17) is 5.11 Å². The van der Waals surface area contributed by atoms with E-state index in [1.807, 2.05) is 0 Å². The number of hydrogen-bond acceptors (Lipinski definition) is 2. The lowest BCUT2D eigenvalue weighted by Crippen LogP contribution is -2.62. The molecule has 1 saturated carbocycles. The fourth-order valence-corrected chi connectivity index (χ4v) is 2.11. The van der Waals surface area contributed by atoms with Gasteiger partial charge in [-0.3, -0.25) is 4.79 Å². The fourth-order valence-electron chi connectivity index (χ4n) is 2.11. The molecule has 0 radical (unpaired) electrons. The first-order valence-corrected chi connectivity index (χ1v) is 6.46. The standard InChI is InChI=1S/C13H15F3N2O3/c1-12(11(20)21,13(14,15)16)17-10(19)9-6-3-7-18(9)8-4-2-5-8/h3,6-8H,2,4-5H2,1H3,(H,17,19)(H,20,21). The smallest absolute Gasteiger partial charge is 0.422 e. The molecule has 0 aliphatic heterocycles. The predicted molar refractivity (Wildman–Crippen MR) is 66.9 cm³/mol. The SMILES string of the molecule is CC(NC(=O)c1cccn1C1CCC1)(C(=O)O)C(F)(F)F. The third-order valence-electron chi connectivity index (χ3n) is 3.84. The van der Waals surface area contributed by atoms with Gasteiger partial charge < -0.3 is 15.0 Å². The van der Waals surface area contributed by atoms with Crippen LogP contribution in [-0.4, -0.2) is 33.3 Å². The Morgan fingerprint density at radius 2 is 2.00 bits per heavy atom. The number of carboxylic acids is 1. The largest absolute Gasteiger partial charge is 0.479 e. The topological polar surface area (TPSA) is 71.3 Å². The summed E-state index contributed by atoms with van der Waals surface area (Å²) in [4.78, 5) is 23.0. The molecule has 21 heavy (non-hydrogen) atoms. The van der Waals surface area contributed by atoms with E-state index in [2.05, 4.69) is 0 Å². The Bertz CT molecular complexity index is 563. The van der Waals surface area contributed by atoms with Gasteiger partial charge in [-0.15, -0.1) is 0 Å². The molecule has 116 valence electrons. The van der Waals surface area contributed by atoms with Crippen molar-refractivity contribution in [2.24, 2.45) is 0 Å². The average Bonchev–Trinajstić information content (AvgIpc) is 2.73. The summed E-state index contributed by atoms with van der Waals surface area (Å²) < 4.78 is 40.3. The van der Waals surface area contributed by atoms with Crippen LogP contribution in [0.3, 0.4) is 0 Å². The van der Waals surface area contributed by atoms with Gasteiger partial charge in [-0.1, -0.05) is 0 Å². The van der Waals surface area contributed by atoms with Crippen LogP contribution in [0.15, 0.2) is 18.3 Å². The summed E-state index contributed by atoms with van der Waals surface area (Å²) in [7, 11) is 0. The van der Waals surface area contributed by atoms with E-state index < -0.39 is 23.6 Å². The number of halogens is 3. The number of aromatic nitrogens is 1. The maximum atomic E-state index is 12.9. The Morgan fingerprint density at radius 1 is 1.38 bits per heavy atom. The van der Waals surface area contributed by atoms with Gasteiger partial charge in [0.2, 0.25) is 5.54 Å². The minimum absolute atomic E-state index is 0.0384. The molecule has 1 aromatic heterocycles. The molecule has 1 heterocycles. The van der Waals surface area contributed by atoms with Crippen molar-refractivity contribution in [2.75, 3.05) is 0 Å². The summed E-state index contributed by atoms with van der Waals surface area (Å²) in [6, 6.07) is 3.02. The van der Waals surface area contributed by atoms with Crippen LogP contribution in [0.2, 0.25) is 0 Å². The minimum Gasteiger partial charge on any atom is -0.479 e. The number of carbonyl (C=O) groups excluding carboxylic acids is 1. The third-order valence-corrected chi connectivity index (χ3v) is 3.84. The van der Waals surface area contributed by atoms with Crippen molar-refractivity contribution in [1.82, 2.24) is 9.88 Å². The van der Waals surface area contributed by atoms with Crippen molar-refractivity contribution >= 4 is 11.9 Å². The monoisotopic (exact) mass is 304 g/mol. The lowest BCUT2D eigenvalue weighted by Gasteiger charge is -2.31. The summed E-state index contributed by atoms with van der Waals surface area (Å²) in [6.07, 6.45) is -0.777. The number of carboxylic acid groups (broad SMARTS) is 1. The molecule has 0 bridgehead atoms. The number of nitrogens with zero attached hydrogens (tertiary/aromatic N) is 1. The van der Waals surface area contributed by atoms with Crippen molar-refractivity contribution in [3.8, 4) is 0 Å². The molecule has 1 unspecified atom stereocenters.